The molecule has 2 rings (SSSR count). The molecule has 0 atom stereocenters. The number of ether oxygens (including phenoxy) is 2. The second kappa shape index (κ2) is 10.6. The minimum atomic E-state index is -0.441. The standard InChI is InChI=1S/C19H20N4O4S/c1-3-10-20-19(28)22-21-12-15-6-9-17(26-2)18(11-15)27-13-14-4-7-16(8-5-14)23(24)25/h3-9,11-12H,1,10,13H2,2H3,(H2,20,22,28)/b21-12+. The summed E-state index contributed by atoms with van der Waals surface area (Å²) in [6.07, 6.45) is 3.29. The van der Waals surface area contributed by atoms with Crippen LogP contribution in [0.3, 0.4) is 0 Å². The van der Waals surface area contributed by atoms with Gasteiger partial charge in [0.1, 0.15) is 6.61 Å². The molecule has 0 aromatic heterocycles. The zero-order valence-corrected chi connectivity index (χ0v) is 16.1. The topological polar surface area (TPSA) is 98.0 Å². The van der Waals surface area contributed by atoms with Crippen molar-refractivity contribution in [1.82, 2.24) is 10.7 Å². The lowest BCUT2D eigenvalue weighted by atomic mass is 10.2. The number of non-ortho nitro benzene ring substituents is 1. The van der Waals surface area contributed by atoms with E-state index in [2.05, 4.69) is 22.4 Å². The number of rotatable bonds is 9. The first-order valence-electron chi connectivity index (χ1n) is 8.25. The molecule has 0 radical (unpaired) electrons. The summed E-state index contributed by atoms with van der Waals surface area (Å²) in [5.41, 5.74) is 4.31. The maximum atomic E-state index is 10.7. The van der Waals surface area contributed by atoms with Crippen molar-refractivity contribution in [2.75, 3.05) is 13.7 Å². The molecule has 0 unspecified atom stereocenters. The van der Waals surface area contributed by atoms with E-state index in [-0.39, 0.29) is 12.3 Å². The summed E-state index contributed by atoms with van der Waals surface area (Å²) in [7, 11) is 1.55. The molecular weight excluding hydrogens is 380 g/mol. The summed E-state index contributed by atoms with van der Waals surface area (Å²) in [4.78, 5) is 10.3. The van der Waals surface area contributed by atoms with Gasteiger partial charge in [0.2, 0.25) is 0 Å². The second-order valence-corrected chi connectivity index (χ2v) is 5.90. The number of benzene rings is 2. The number of nitro groups is 1. The quantitative estimate of drug-likeness (QED) is 0.219. The van der Waals surface area contributed by atoms with Crippen LogP contribution in [0, 0.1) is 10.1 Å². The van der Waals surface area contributed by atoms with Crippen molar-refractivity contribution >= 4 is 29.2 Å². The van der Waals surface area contributed by atoms with Crippen molar-refractivity contribution < 1.29 is 14.4 Å². The van der Waals surface area contributed by atoms with Crippen LogP contribution in [0.1, 0.15) is 11.1 Å². The molecule has 0 aliphatic rings. The van der Waals surface area contributed by atoms with Gasteiger partial charge in [-0.1, -0.05) is 6.08 Å². The molecule has 0 bridgehead atoms. The second-order valence-electron chi connectivity index (χ2n) is 5.49. The molecule has 0 saturated carbocycles. The summed E-state index contributed by atoms with van der Waals surface area (Å²) in [5.74, 6) is 1.09. The normalized spacial score (nSPS) is 10.3. The highest BCUT2D eigenvalue weighted by Crippen LogP contribution is 2.28. The lowest BCUT2D eigenvalue weighted by molar-refractivity contribution is -0.384. The zero-order valence-electron chi connectivity index (χ0n) is 15.3. The average Bonchev–Trinajstić information content (AvgIpc) is 2.71. The zero-order chi connectivity index (χ0) is 20.4. The Labute approximate surface area is 168 Å². The van der Waals surface area contributed by atoms with E-state index in [1.165, 1.54) is 12.1 Å². The molecule has 0 saturated heterocycles. The van der Waals surface area contributed by atoms with E-state index in [0.29, 0.717) is 23.2 Å². The van der Waals surface area contributed by atoms with Crippen LogP contribution < -0.4 is 20.2 Å². The third-order valence-corrected chi connectivity index (χ3v) is 3.75. The van der Waals surface area contributed by atoms with Crippen LogP contribution in [0.4, 0.5) is 5.69 Å². The van der Waals surface area contributed by atoms with E-state index in [0.717, 1.165) is 11.1 Å². The van der Waals surface area contributed by atoms with Crippen molar-refractivity contribution in [3.63, 3.8) is 0 Å². The molecule has 0 heterocycles. The highest BCUT2D eigenvalue weighted by atomic mass is 32.1. The number of hydrazone groups is 1. The maximum Gasteiger partial charge on any atom is 0.269 e. The van der Waals surface area contributed by atoms with E-state index >= 15 is 0 Å². The van der Waals surface area contributed by atoms with Gasteiger partial charge in [0.15, 0.2) is 16.6 Å². The van der Waals surface area contributed by atoms with Gasteiger partial charge in [-0.15, -0.1) is 6.58 Å². The molecule has 8 nitrogen and oxygen atoms in total. The van der Waals surface area contributed by atoms with E-state index in [9.17, 15) is 10.1 Å². The van der Waals surface area contributed by atoms with Gasteiger partial charge < -0.3 is 14.8 Å². The van der Waals surface area contributed by atoms with E-state index < -0.39 is 4.92 Å². The van der Waals surface area contributed by atoms with Crippen molar-refractivity contribution in [3.05, 3.63) is 76.4 Å². The van der Waals surface area contributed by atoms with Crippen molar-refractivity contribution in [2.24, 2.45) is 5.10 Å². The molecule has 0 spiro atoms. The molecular formula is C19H20N4O4S. The Balaban J connectivity index is 2.02. The summed E-state index contributed by atoms with van der Waals surface area (Å²) in [6, 6.07) is 11.5. The van der Waals surface area contributed by atoms with Crippen LogP contribution in [0.15, 0.2) is 60.2 Å². The summed E-state index contributed by atoms with van der Waals surface area (Å²) in [5, 5.41) is 18.1. The molecule has 0 aliphatic heterocycles. The Morgan fingerprint density at radius 3 is 2.68 bits per heavy atom. The average molecular weight is 400 g/mol. The van der Waals surface area contributed by atoms with Gasteiger partial charge in [0, 0.05) is 18.7 Å². The first-order valence-corrected chi connectivity index (χ1v) is 8.66. The molecule has 9 heteroatoms. The number of nitrogens with one attached hydrogen (secondary N) is 2. The molecule has 2 N–H and O–H groups in total. The number of thiocarbonyl (C=S) groups is 1. The Kier molecular flexibility index (Phi) is 7.92. The largest absolute Gasteiger partial charge is 0.493 e. The number of methoxy groups -OCH3 is 1. The maximum absolute atomic E-state index is 10.7. The Bertz CT molecular complexity index is 869. The van der Waals surface area contributed by atoms with Crippen LogP contribution in [0.25, 0.3) is 0 Å². The first kappa shape index (κ1) is 20.8. The minimum Gasteiger partial charge on any atom is -0.493 e. The summed E-state index contributed by atoms with van der Waals surface area (Å²) in [6.45, 7) is 4.38. The van der Waals surface area contributed by atoms with Crippen LogP contribution in [0.2, 0.25) is 0 Å². The Hall–Kier alpha value is -3.46. The summed E-state index contributed by atoms with van der Waals surface area (Å²) < 4.78 is 11.1. The van der Waals surface area contributed by atoms with Crippen LogP contribution >= 0.6 is 12.2 Å². The molecule has 0 amide bonds. The molecule has 146 valence electrons. The lowest BCUT2D eigenvalue weighted by Gasteiger charge is -2.11. The van der Waals surface area contributed by atoms with Gasteiger partial charge in [-0.05, 0) is 53.7 Å². The Morgan fingerprint density at radius 2 is 2.04 bits per heavy atom. The van der Waals surface area contributed by atoms with E-state index in [1.54, 1.807) is 43.7 Å². The van der Waals surface area contributed by atoms with E-state index in [1.807, 2.05) is 6.07 Å². The Morgan fingerprint density at radius 1 is 1.29 bits per heavy atom. The minimum absolute atomic E-state index is 0.0348. The fourth-order valence-corrected chi connectivity index (χ4v) is 2.27. The number of nitrogens with zero attached hydrogens (tertiary/aromatic N) is 2. The highest BCUT2D eigenvalue weighted by molar-refractivity contribution is 7.80. The third-order valence-electron chi connectivity index (χ3n) is 3.52. The molecule has 2 aromatic rings. The summed E-state index contributed by atoms with van der Waals surface area (Å²) >= 11 is 5.05. The molecule has 0 fully saturated rings. The molecule has 2 aromatic carbocycles. The van der Waals surface area contributed by atoms with Crippen molar-refractivity contribution in [3.8, 4) is 11.5 Å². The van der Waals surface area contributed by atoms with E-state index in [4.69, 9.17) is 21.7 Å². The monoisotopic (exact) mass is 400 g/mol. The third kappa shape index (κ3) is 6.36. The molecule has 28 heavy (non-hydrogen) atoms. The van der Waals surface area contributed by atoms with Crippen molar-refractivity contribution in [2.45, 2.75) is 6.61 Å². The smallest absolute Gasteiger partial charge is 0.269 e. The first-order chi connectivity index (χ1) is 13.5. The van der Waals surface area contributed by atoms with Gasteiger partial charge in [-0.3, -0.25) is 15.5 Å². The number of nitro benzene ring substituents is 1. The van der Waals surface area contributed by atoms with Gasteiger partial charge in [-0.2, -0.15) is 5.10 Å². The molecule has 0 aliphatic carbocycles. The van der Waals surface area contributed by atoms with Gasteiger partial charge in [-0.25, -0.2) is 0 Å². The lowest BCUT2D eigenvalue weighted by Crippen LogP contribution is -2.31. The van der Waals surface area contributed by atoms with Crippen molar-refractivity contribution in [1.29, 1.82) is 0 Å². The van der Waals surface area contributed by atoms with Gasteiger partial charge >= 0.3 is 0 Å². The predicted octanol–water partition coefficient (Wildman–Crippen LogP) is 3.17. The highest BCUT2D eigenvalue weighted by Gasteiger charge is 2.08. The number of hydrogen-bond donors (Lipinski definition) is 2. The fourth-order valence-electron chi connectivity index (χ4n) is 2.13. The van der Waals surface area contributed by atoms with Gasteiger partial charge in [0.25, 0.3) is 5.69 Å². The van der Waals surface area contributed by atoms with Crippen LogP contribution in [-0.4, -0.2) is 29.9 Å². The fraction of sp³-hybridized carbons (Fsp3) is 0.158. The van der Waals surface area contributed by atoms with Crippen LogP contribution in [0.5, 0.6) is 11.5 Å². The SMILES string of the molecule is C=CCNC(=S)N/N=C/c1ccc(OC)c(OCc2ccc([N+](=O)[O-])cc2)c1. The van der Waals surface area contributed by atoms with Crippen LogP contribution in [-0.2, 0) is 6.61 Å². The predicted molar refractivity (Wildman–Crippen MR) is 112 cm³/mol. The number of hydrogen-bond acceptors (Lipinski definition) is 6. The van der Waals surface area contributed by atoms with Gasteiger partial charge in [0.05, 0.1) is 18.2 Å².